The minimum Gasteiger partial charge on any atom is -0.378 e. The van der Waals surface area contributed by atoms with Crippen molar-refractivity contribution in [3.05, 3.63) is 0 Å². The van der Waals surface area contributed by atoms with E-state index in [4.69, 9.17) is 16.3 Å². The first kappa shape index (κ1) is 24.8. The number of hydrogen-bond acceptors (Lipinski definition) is 4. The predicted molar refractivity (Wildman–Crippen MR) is 124 cm³/mol. The van der Waals surface area contributed by atoms with Crippen molar-refractivity contribution in [3.8, 4) is 0 Å². The van der Waals surface area contributed by atoms with Gasteiger partial charge in [0.05, 0.1) is 12.0 Å². The van der Waals surface area contributed by atoms with E-state index in [0.717, 1.165) is 38.8 Å². The lowest BCUT2D eigenvalue weighted by Crippen LogP contribution is -2.56. The average molecular weight is 456 g/mol. The zero-order valence-corrected chi connectivity index (χ0v) is 20.7. The molecule has 1 saturated carbocycles. The summed E-state index contributed by atoms with van der Waals surface area (Å²) in [5.41, 5.74) is 0. The fourth-order valence-corrected chi connectivity index (χ4v) is 6.55. The third kappa shape index (κ3) is 5.94. The van der Waals surface area contributed by atoms with E-state index in [0.29, 0.717) is 25.0 Å². The molecule has 0 aromatic rings. The van der Waals surface area contributed by atoms with Crippen molar-refractivity contribution in [2.45, 2.75) is 96.3 Å². The summed E-state index contributed by atoms with van der Waals surface area (Å²) in [6.45, 7) is 12.9. The molecule has 9 atom stereocenters. The van der Waals surface area contributed by atoms with E-state index >= 15 is 0 Å². The molecule has 0 aromatic heterocycles. The highest BCUT2D eigenvalue weighted by atomic mass is 35.5. The summed E-state index contributed by atoms with van der Waals surface area (Å²) < 4.78 is 5.76. The summed E-state index contributed by atoms with van der Waals surface area (Å²) >= 11 is 6.70. The maximum atomic E-state index is 13.2. The molecule has 2 N–H and O–H groups in total. The van der Waals surface area contributed by atoms with Crippen LogP contribution in [0.5, 0.6) is 0 Å². The van der Waals surface area contributed by atoms with Gasteiger partial charge in [0.1, 0.15) is 0 Å². The Bertz CT molecular complexity index is 633. The summed E-state index contributed by atoms with van der Waals surface area (Å²) in [7, 11) is 0. The van der Waals surface area contributed by atoms with Gasteiger partial charge in [0.2, 0.25) is 11.8 Å². The highest BCUT2D eigenvalue weighted by molar-refractivity contribution is 6.20. The number of halogens is 1. The Labute approximate surface area is 193 Å². The second-order valence-electron chi connectivity index (χ2n) is 10.3. The Morgan fingerprint density at radius 3 is 2.58 bits per heavy atom. The van der Waals surface area contributed by atoms with Crippen LogP contribution < -0.4 is 10.6 Å². The van der Waals surface area contributed by atoms with Gasteiger partial charge in [-0.25, -0.2) is 0 Å². The summed E-state index contributed by atoms with van der Waals surface area (Å²) in [6.07, 6.45) is 4.94. The number of carbonyl (C=O) groups is 2. The molecular formula is C24H42ClN3O3. The summed E-state index contributed by atoms with van der Waals surface area (Å²) in [6, 6.07) is 0.990. The van der Waals surface area contributed by atoms with Crippen molar-refractivity contribution in [2.75, 3.05) is 19.7 Å². The van der Waals surface area contributed by atoms with Crippen LogP contribution in [0.25, 0.3) is 0 Å². The molecule has 3 rings (SSSR count). The van der Waals surface area contributed by atoms with Crippen molar-refractivity contribution in [1.82, 2.24) is 15.5 Å². The lowest BCUT2D eigenvalue weighted by molar-refractivity contribution is -0.132. The molecular weight excluding hydrogens is 414 g/mol. The van der Waals surface area contributed by atoms with Crippen LogP contribution in [0.2, 0.25) is 0 Å². The van der Waals surface area contributed by atoms with Crippen LogP contribution in [0.1, 0.15) is 66.7 Å². The molecule has 2 amide bonds. The van der Waals surface area contributed by atoms with E-state index in [1.54, 1.807) is 0 Å². The Kier molecular flexibility index (Phi) is 8.67. The number of nitrogens with zero attached hydrogens (tertiary/aromatic N) is 1. The molecule has 3 fully saturated rings. The van der Waals surface area contributed by atoms with Gasteiger partial charge in [-0.15, -0.1) is 11.6 Å². The Hall–Kier alpha value is -0.850. The van der Waals surface area contributed by atoms with Crippen molar-refractivity contribution < 1.29 is 14.3 Å². The smallest absolute Gasteiger partial charge is 0.225 e. The third-order valence-corrected chi connectivity index (χ3v) is 8.29. The van der Waals surface area contributed by atoms with Crippen molar-refractivity contribution in [1.29, 1.82) is 0 Å². The van der Waals surface area contributed by atoms with Crippen LogP contribution in [-0.4, -0.2) is 66.0 Å². The first-order valence-corrected chi connectivity index (χ1v) is 12.7. The lowest BCUT2D eigenvalue weighted by atomic mass is 9.74. The normalized spacial score (nSPS) is 41.6. The van der Waals surface area contributed by atoms with E-state index in [2.05, 4.69) is 43.2 Å². The largest absolute Gasteiger partial charge is 0.378 e. The molecule has 7 heteroatoms. The highest BCUT2D eigenvalue weighted by Gasteiger charge is 2.43. The standard InChI is InChI=1S/C24H42ClN3O3/c1-6-28(19-7-8-31-16(4)10-19)22-12-18(25)11-20(17(22)5)23(29)26-13-21-14(2)9-15(3)27-24(21)30/h14-22H,6-13H2,1-5H3,(H,26,29)(H,27,30)/t14?,15?,16-,17?,18?,19+,20?,21?,22?/m1/s1. The first-order chi connectivity index (χ1) is 14.7. The molecule has 0 spiro atoms. The minimum atomic E-state index is -0.155. The molecule has 0 radical (unpaired) electrons. The second kappa shape index (κ2) is 10.8. The van der Waals surface area contributed by atoms with Gasteiger partial charge in [0.25, 0.3) is 0 Å². The molecule has 2 heterocycles. The maximum Gasteiger partial charge on any atom is 0.225 e. The summed E-state index contributed by atoms with van der Waals surface area (Å²) in [4.78, 5) is 28.2. The van der Waals surface area contributed by atoms with Crippen LogP contribution in [0.15, 0.2) is 0 Å². The average Bonchev–Trinajstić information content (AvgIpc) is 2.70. The van der Waals surface area contributed by atoms with Crippen LogP contribution in [0.4, 0.5) is 0 Å². The van der Waals surface area contributed by atoms with Crippen molar-refractivity contribution in [2.24, 2.45) is 23.7 Å². The van der Waals surface area contributed by atoms with E-state index < -0.39 is 0 Å². The SMILES string of the molecule is CCN(C1CC(Cl)CC(C(=O)NCC2C(=O)NC(C)CC2C)C1C)[C@H]1CCO[C@H](C)C1. The topological polar surface area (TPSA) is 70.7 Å². The van der Waals surface area contributed by atoms with Gasteiger partial charge in [-0.1, -0.05) is 20.8 Å². The number of rotatable bonds is 6. The quantitative estimate of drug-likeness (QED) is 0.603. The van der Waals surface area contributed by atoms with Gasteiger partial charge in [0.15, 0.2) is 0 Å². The van der Waals surface area contributed by atoms with Crippen LogP contribution >= 0.6 is 11.6 Å². The van der Waals surface area contributed by atoms with Gasteiger partial charge >= 0.3 is 0 Å². The Balaban J connectivity index is 1.63. The van der Waals surface area contributed by atoms with Gasteiger partial charge in [0, 0.05) is 42.6 Å². The first-order valence-electron chi connectivity index (χ1n) is 12.3. The molecule has 1 aliphatic carbocycles. The van der Waals surface area contributed by atoms with Gasteiger partial charge in [-0.05, 0) is 64.3 Å². The third-order valence-electron chi connectivity index (χ3n) is 7.94. The van der Waals surface area contributed by atoms with Crippen molar-refractivity contribution >= 4 is 23.4 Å². The lowest BCUT2D eigenvalue weighted by Gasteiger charge is -2.48. The number of alkyl halides is 1. The number of piperidine rings is 1. The van der Waals surface area contributed by atoms with Crippen LogP contribution in [0.3, 0.4) is 0 Å². The van der Waals surface area contributed by atoms with Gasteiger partial charge in [-0.3, -0.25) is 14.5 Å². The maximum absolute atomic E-state index is 13.2. The number of nitrogens with one attached hydrogen (secondary N) is 2. The Morgan fingerprint density at radius 2 is 1.94 bits per heavy atom. The number of hydrogen-bond donors (Lipinski definition) is 2. The molecule has 0 bridgehead atoms. The highest BCUT2D eigenvalue weighted by Crippen LogP contribution is 2.38. The fourth-order valence-electron chi connectivity index (χ4n) is 6.18. The number of ether oxygens (including phenoxy) is 1. The minimum absolute atomic E-state index is 0.000941. The zero-order chi connectivity index (χ0) is 22.7. The van der Waals surface area contributed by atoms with Gasteiger partial charge in [-0.2, -0.15) is 0 Å². The van der Waals surface area contributed by atoms with Crippen molar-refractivity contribution in [3.63, 3.8) is 0 Å². The number of carbonyl (C=O) groups excluding carboxylic acids is 2. The Morgan fingerprint density at radius 1 is 1.19 bits per heavy atom. The molecule has 7 unspecified atom stereocenters. The zero-order valence-electron chi connectivity index (χ0n) is 19.9. The van der Waals surface area contributed by atoms with Crippen LogP contribution in [-0.2, 0) is 14.3 Å². The molecule has 178 valence electrons. The van der Waals surface area contributed by atoms with Crippen LogP contribution in [0, 0.1) is 23.7 Å². The summed E-state index contributed by atoms with van der Waals surface area (Å²) in [5, 5.41) is 6.14. The predicted octanol–water partition coefficient (Wildman–Crippen LogP) is 3.17. The molecule has 0 aromatic carbocycles. The summed E-state index contributed by atoms with van der Waals surface area (Å²) in [5.74, 6) is 0.337. The molecule has 2 saturated heterocycles. The molecule has 3 aliphatic rings. The molecule has 6 nitrogen and oxygen atoms in total. The van der Waals surface area contributed by atoms with E-state index in [-0.39, 0.29) is 53.0 Å². The van der Waals surface area contributed by atoms with E-state index in [1.807, 2.05) is 6.92 Å². The monoisotopic (exact) mass is 455 g/mol. The number of amides is 2. The van der Waals surface area contributed by atoms with Gasteiger partial charge < -0.3 is 15.4 Å². The van der Waals surface area contributed by atoms with E-state index in [9.17, 15) is 9.59 Å². The second-order valence-corrected chi connectivity index (χ2v) is 10.9. The van der Waals surface area contributed by atoms with E-state index in [1.165, 1.54) is 0 Å². The molecule has 2 aliphatic heterocycles. The fraction of sp³-hybridized carbons (Fsp3) is 0.917. The molecule has 31 heavy (non-hydrogen) atoms.